The van der Waals surface area contributed by atoms with Crippen LogP contribution >= 0.6 is 0 Å². The Morgan fingerprint density at radius 3 is 2.08 bits per heavy atom. The first-order valence-electron chi connectivity index (χ1n) is 7.58. The molecule has 7 nitrogen and oxygen atoms in total. The maximum absolute atomic E-state index is 10.8. The minimum atomic E-state index is -0.423. The Kier molecular flexibility index (Phi) is 4.84. The molecule has 1 heterocycles. The number of hydrogen-bond donors (Lipinski definition) is 0. The van der Waals surface area contributed by atoms with Crippen molar-refractivity contribution in [1.82, 2.24) is 5.16 Å². The second-order valence-corrected chi connectivity index (χ2v) is 5.50. The fraction of sp³-hybridized carbons (Fsp3) is 0.111. The van der Waals surface area contributed by atoms with Gasteiger partial charge in [0.15, 0.2) is 5.82 Å². The highest BCUT2D eigenvalue weighted by Crippen LogP contribution is 2.20. The summed E-state index contributed by atoms with van der Waals surface area (Å²) < 4.78 is 4.93. The van der Waals surface area contributed by atoms with Crippen molar-refractivity contribution in [3.8, 4) is 0 Å². The molecular weight excluding hydrogens is 322 g/mol. The Balaban J connectivity index is 1.79. The van der Waals surface area contributed by atoms with E-state index >= 15 is 0 Å². The van der Waals surface area contributed by atoms with E-state index in [9.17, 15) is 14.9 Å². The molecule has 0 aliphatic carbocycles. The largest absolute Gasteiger partial charge is 0.363 e. The van der Waals surface area contributed by atoms with E-state index in [0.717, 1.165) is 17.4 Å². The number of carbonyl (C=O) groups excluding carboxylic acids is 1. The quantitative estimate of drug-likeness (QED) is 0.372. The summed E-state index contributed by atoms with van der Waals surface area (Å²) in [6.45, 7) is 1.07. The maximum atomic E-state index is 10.8. The smallest absolute Gasteiger partial charge is 0.269 e. The number of non-ortho nitro benzene ring substituents is 1. The zero-order valence-electron chi connectivity index (χ0n) is 13.2. The molecular formula is C18H15N3O4. The first-order valence-corrected chi connectivity index (χ1v) is 7.58. The van der Waals surface area contributed by atoms with Crippen LogP contribution in [0, 0.1) is 10.1 Å². The van der Waals surface area contributed by atoms with Crippen LogP contribution in [0.3, 0.4) is 0 Å². The number of anilines is 1. The number of carbonyl (C=O) groups is 1. The number of aromatic nitrogens is 1. The first-order chi connectivity index (χ1) is 12.2. The van der Waals surface area contributed by atoms with E-state index in [1.165, 1.54) is 18.4 Å². The van der Waals surface area contributed by atoms with E-state index in [1.807, 2.05) is 17.0 Å². The van der Waals surface area contributed by atoms with Crippen LogP contribution in [0.4, 0.5) is 11.5 Å². The van der Waals surface area contributed by atoms with Crippen molar-refractivity contribution in [3.63, 3.8) is 0 Å². The Bertz CT molecular complexity index is 843. The van der Waals surface area contributed by atoms with E-state index in [0.29, 0.717) is 24.5 Å². The molecule has 0 amide bonds. The highest BCUT2D eigenvalue weighted by atomic mass is 16.6. The van der Waals surface area contributed by atoms with Gasteiger partial charge >= 0.3 is 0 Å². The zero-order valence-corrected chi connectivity index (χ0v) is 13.2. The molecule has 0 aliphatic rings. The van der Waals surface area contributed by atoms with E-state index in [2.05, 4.69) is 5.16 Å². The van der Waals surface area contributed by atoms with Crippen LogP contribution in [-0.2, 0) is 13.1 Å². The molecule has 3 aromatic rings. The van der Waals surface area contributed by atoms with Crippen molar-refractivity contribution in [3.05, 3.63) is 87.7 Å². The molecule has 0 saturated heterocycles. The average Bonchev–Trinajstić information content (AvgIpc) is 3.17. The fourth-order valence-electron chi connectivity index (χ4n) is 2.45. The summed E-state index contributed by atoms with van der Waals surface area (Å²) in [4.78, 5) is 23.1. The summed E-state index contributed by atoms with van der Waals surface area (Å²) in [5, 5.41) is 14.7. The summed E-state index contributed by atoms with van der Waals surface area (Å²) in [6, 6.07) is 15.4. The Hall–Kier alpha value is -3.48. The third-order valence-corrected chi connectivity index (χ3v) is 3.76. The van der Waals surface area contributed by atoms with Gasteiger partial charge in [-0.05, 0) is 11.1 Å². The van der Waals surface area contributed by atoms with Crippen molar-refractivity contribution >= 4 is 17.8 Å². The van der Waals surface area contributed by atoms with Crippen LogP contribution in [0.25, 0.3) is 0 Å². The Morgan fingerprint density at radius 1 is 1.00 bits per heavy atom. The third kappa shape index (κ3) is 4.08. The normalized spacial score (nSPS) is 10.4. The summed E-state index contributed by atoms with van der Waals surface area (Å²) in [7, 11) is 0. The van der Waals surface area contributed by atoms with Gasteiger partial charge < -0.3 is 9.42 Å². The minimum absolute atomic E-state index is 0.0567. The molecule has 0 aliphatic heterocycles. The van der Waals surface area contributed by atoms with Crippen LogP contribution in [0.2, 0.25) is 0 Å². The molecule has 126 valence electrons. The molecule has 0 unspecified atom stereocenters. The van der Waals surface area contributed by atoms with Gasteiger partial charge in [0.25, 0.3) is 5.69 Å². The lowest BCUT2D eigenvalue weighted by molar-refractivity contribution is -0.384. The van der Waals surface area contributed by atoms with Gasteiger partial charge in [0.2, 0.25) is 0 Å². The zero-order chi connectivity index (χ0) is 17.6. The third-order valence-electron chi connectivity index (χ3n) is 3.76. The first kappa shape index (κ1) is 16.4. The van der Waals surface area contributed by atoms with Crippen molar-refractivity contribution in [2.75, 3.05) is 4.90 Å². The van der Waals surface area contributed by atoms with E-state index in [4.69, 9.17) is 4.52 Å². The lowest BCUT2D eigenvalue weighted by atomic mass is 10.1. The summed E-state index contributed by atoms with van der Waals surface area (Å²) in [5.74, 6) is 0.665. The molecule has 0 saturated carbocycles. The van der Waals surface area contributed by atoms with Gasteiger partial charge in [-0.1, -0.05) is 41.6 Å². The van der Waals surface area contributed by atoms with Crippen LogP contribution in [0.15, 0.2) is 65.4 Å². The van der Waals surface area contributed by atoms with Gasteiger partial charge in [-0.25, -0.2) is 0 Å². The molecule has 0 bridgehead atoms. The number of aldehydes is 1. The average molecular weight is 337 g/mol. The summed E-state index contributed by atoms with van der Waals surface area (Å²) in [6.07, 6.45) is 2.30. The second-order valence-electron chi connectivity index (χ2n) is 5.50. The van der Waals surface area contributed by atoms with Gasteiger partial charge in [0.05, 0.1) is 4.92 Å². The number of nitro groups is 1. The Morgan fingerprint density at radius 2 is 1.60 bits per heavy atom. The molecule has 25 heavy (non-hydrogen) atoms. The van der Waals surface area contributed by atoms with Crippen LogP contribution in [0.1, 0.15) is 21.5 Å². The van der Waals surface area contributed by atoms with Crippen LogP contribution in [-0.4, -0.2) is 16.4 Å². The number of nitro benzene ring substituents is 1. The Labute approximate surface area is 143 Å². The molecule has 0 radical (unpaired) electrons. The van der Waals surface area contributed by atoms with Crippen molar-refractivity contribution in [2.24, 2.45) is 0 Å². The fourth-order valence-corrected chi connectivity index (χ4v) is 2.45. The van der Waals surface area contributed by atoms with E-state index < -0.39 is 4.92 Å². The predicted molar refractivity (Wildman–Crippen MR) is 91.3 cm³/mol. The highest BCUT2D eigenvalue weighted by Gasteiger charge is 2.12. The minimum Gasteiger partial charge on any atom is -0.363 e. The molecule has 2 aromatic carbocycles. The number of rotatable bonds is 7. The standard InChI is InChI=1S/C18H15N3O4/c22-13-16-3-1-14(2-4-16)11-20(18-9-10-25-19-18)12-15-5-7-17(8-6-15)21(23)24/h1-10,13H,11-12H2. The lowest BCUT2D eigenvalue weighted by Gasteiger charge is -2.22. The van der Waals surface area contributed by atoms with E-state index in [1.54, 1.807) is 30.3 Å². The van der Waals surface area contributed by atoms with Crippen LogP contribution in [0.5, 0.6) is 0 Å². The van der Waals surface area contributed by atoms with Gasteiger partial charge in [0, 0.05) is 36.9 Å². The molecule has 1 aromatic heterocycles. The van der Waals surface area contributed by atoms with Crippen molar-refractivity contribution in [2.45, 2.75) is 13.1 Å². The van der Waals surface area contributed by atoms with Gasteiger partial charge in [-0.15, -0.1) is 0 Å². The van der Waals surface area contributed by atoms with Crippen molar-refractivity contribution < 1.29 is 14.2 Å². The molecule has 3 rings (SSSR count). The topological polar surface area (TPSA) is 89.5 Å². The van der Waals surface area contributed by atoms with Gasteiger partial charge in [-0.3, -0.25) is 14.9 Å². The summed E-state index contributed by atoms with van der Waals surface area (Å²) >= 11 is 0. The lowest BCUT2D eigenvalue weighted by Crippen LogP contribution is -2.22. The highest BCUT2D eigenvalue weighted by molar-refractivity contribution is 5.74. The number of nitrogens with zero attached hydrogens (tertiary/aromatic N) is 3. The van der Waals surface area contributed by atoms with Crippen molar-refractivity contribution in [1.29, 1.82) is 0 Å². The van der Waals surface area contributed by atoms with Gasteiger partial charge in [0.1, 0.15) is 12.5 Å². The summed E-state index contributed by atoms with van der Waals surface area (Å²) in [5.41, 5.74) is 2.60. The van der Waals surface area contributed by atoms with Gasteiger partial charge in [-0.2, -0.15) is 0 Å². The SMILES string of the molecule is O=Cc1ccc(CN(Cc2ccc([N+](=O)[O-])cc2)c2ccon2)cc1. The number of benzene rings is 2. The predicted octanol–water partition coefficient (Wildman–Crippen LogP) is 3.60. The molecule has 0 spiro atoms. The molecule has 0 fully saturated rings. The molecule has 0 atom stereocenters. The molecule has 7 heteroatoms. The van der Waals surface area contributed by atoms with E-state index in [-0.39, 0.29) is 5.69 Å². The maximum Gasteiger partial charge on any atom is 0.269 e. The van der Waals surface area contributed by atoms with Crippen LogP contribution < -0.4 is 4.90 Å². The monoisotopic (exact) mass is 337 g/mol. The molecule has 0 N–H and O–H groups in total. The number of hydrogen-bond acceptors (Lipinski definition) is 6. The second kappa shape index (κ2) is 7.39.